The summed E-state index contributed by atoms with van der Waals surface area (Å²) >= 11 is 0. The van der Waals surface area contributed by atoms with E-state index in [0.717, 1.165) is 0 Å². The lowest BCUT2D eigenvalue weighted by atomic mass is 9.87. The van der Waals surface area contributed by atoms with E-state index in [1.165, 1.54) is 5.56 Å². The number of carbonyl (C=O) groups is 2. The zero-order valence-electron chi connectivity index (χ0n) is 14.7. The van der Waals surface area contributed by atoms with Crippen molar-refractivity contribution in [2.75, 3.05) is 6.61 Å². The molecule has 0 aliphatic heterocycles. The number of ether oxygens (including phenoxy) is 2. The number of rotatable bonds is 6. The average Bonchev–Trinajstić information content (AvgIpc) is 2.58. The molecule has 1 atom stereocenters. The molecule has 0 heterocycles. The Hall–Kier alpha value is -2.82. The fourth-order valence-corrected chi connectivity index (χ4v) is 2.28. The van der Waals surface area contributed by atoms with E-state index in [-0.39, 0.29) is 12.0 Å². The Bertz CT molecular complexity index is 718. The molecule has 0 fully saturated rings. The molecule has 0 saturated heterocycles. The van der Waals surface area contributed by atoms with Crippen molar-refractivity contribution in [3.05, 3.63) is 65.7 Å². The Morgan fingerprint density at radius 2 is 1.60 bits per heavy atom. The van der Waals surface area contributed by atoms with E-state index in [1.807, 2.05) is 12.1 Å². The van der Waals surface area contributed by atoms with Crippen LogP contribution in [0.1, 0.15) is 38.0 Å². The first kappa shape index (κ1) is 18.5. The summed E-state index contributed by atoms with van der Waals surface area (Å²) in [5.74, 6) is -0.832. The van der Waals surface area contributed by atoms with Crippen LogP contribution in [0.15, 0.2) is 54.6 Å². The maximum atomic E-state index is 12.0. The van der Waals surface area contributed by atoms with Crippen molar-refractivity contribution in [1.29, 1.82) is 0 Å². The second-order valence-corrected chi connectivity index (χ2v) is 6.75. The van der Waals surface area contributed by atoms with Gasteiger partial charge in [0.05, 0.1) is 0 Å². The summed E-state index contributed by atoms with van der Waals surface area (Å²) in [6.07, 6.45) is -1.12. The van der Waals surface area contributed by atoms with Crippen LogP contribution in [0, 0.1) is 0 Å². The van der Waals surface area contributed by atoms with Crippen LogP contribution in [0.5, 0.6) is 5.75 Å². The van der Waals surface area contributed by atoms with E-state index in [4.69, 9.17) is 15.2 Å². The van der Waals surface area contributed by atoms with Crippen molar-refractivity contribution < 1.29 is 19.1 Å². The molecule has 0 unspecified atom stereocenters. The molecule has 132 valence electrons. The van der Waals surface area contributed by atoms with Crippen LogP contribution < -0.4 is 10.5 Å². The van der Waals surface area contributed by atoms with Gasteiger partial charge in [0.15, 0.2) is 6.61 Å². The Labute approximate surface area is 147 Å². The van der Waals surface area contributed by atoms with E-state index in [2.05, 4.69) is 20.8 Å². The van der Waals surface area contributed by atoms with Gasteiger partial charge < -0.3 is 15.2 Å². The van der Waals surface area contributed by atoms with Crippen molar-refractivity contribution in [2.45, 2.75) is 32.3 Å². The van der Waals surface area contributed by atoms with Gasteiger partial charge in [-0.1, -0.05) is 63.2 Å². The number of benzene rings is 2. The topological polar surface area (TPSA) is 78.6 Å². The van der Waals surface area contributed by atoms with Gasteiger partial charge in [-0.2, -0.15) is 0 Å². The molecule has 1 amide bonds. The second kappa shape index (κ2) is 7.83. The van der Waals surface area contributed by atoms with E-state index in [9.17, 15) is 9.59 Å². The van der Waals surface area contributed by atoms with E-state index in [1.54, 1.807) is 42.5 Å². The Kier molecular flexibility index (Phi) is 5.80. The van der Waals surface area contributed by atoms with Crippen LogP contribution >= 0.6 is 0 Å². The first-order valence-corrected chi connectivity index (χ1v) is 8.04. The molecule has 0 aliphatic carbocycles. The third-order valence-corrected chi connectivity index (χ3v) is 3.69. The maximum absolute atomic E-state index is 12.0. The number of nitrogens with two attached hydrogens (primary N) is 1. The van der Waals surface area contributed by atoms with E-state index >= 15 is 0 Å². The Morgan fingerprint density at radius 3 is 2.12 bits per heavy atom. The fourth-order valence-electron chi connectivity index (χ4n) is 2.28. The number of hydrogen-bond acceptors (Lipinski definition) is 4. The number of amides is 1. The summed E-state index contributed by atoms with van der Waals surface area (Å²) in [6, 6.07) is 16.1. The first-order valence-electron chi connectivity index (χ1n) is 8.04. The van der Waals surface area contributed by atoms with Crippen LogP contribution in [0.4, 0.5) is 0 Å². The molecular formula is C20H23NO4. The highest BCUT2D eigenvalue weighted by Gasteiger charge is 2.22. The molecule has 0 bridgehead atoms. The van der Waals surface area contributed by atoms with Crippen molar-refractivity contribution >= 4 is 11.9 Å². The largest absolute Gasteiger partial charge is 0.482 e. The van der Waals surface area contributed by atoms with Crippen LogP contribution in [-0.4, -0.2) is 18.5 Å². The van der Waals surface area contributed by atoms with Gasteiger partial charge in [0.25, 0.3) is 5.91 Å². The summed E-state index contributed by atoms with van der Waals surface area (Å²) in [5.41, 5.74) is 7.06. The van der Waals surface area contributed by atoms with Gasteiger partial charge >= 0.3 is 5.97 Å². The Balaban J connectivity index is 1.94. The molecule has 0 saturated carbocycles. The standard InChI is InChI=1S/C20H23NO4/c1-20(2,3)15-9-11-16(12-10-15)24-13-17(22)25-18(19(21)23)14-7-5-4-6-8-14/h4-12,18H,13H2,1-3H3,(H2,21,23)/t18-/m1/s1. The lowest BCUT2D eigenvalue weighted by Gasteiger charge is -2.19. The van der Waals surface area contributed by atoms with Gasteiger partial charge in [-0.3, -0.25) is 4.79 Å². The van der Waals surface area contributed by atoms with Gasteiger partial charge in [0.2, 0.25) is 6.10 Å². The molecule has 2 aromatic carbocycles. The SMILES string of the molecule is CC(C)(C)c1ccc(OCC(=O)O[C@@H](C(N)=O)c2ccccc2)cc1. The summed E-state index contributed by atoms with van der Waals surface area (Å²) in [5, 5.41) is 0. The highest BCUT2D eigenvalue weighted by Crippen LogP contribution is 2.24. The molecule has 2 rings (SSSR count). The van der Waals surface area contributed by atoms with E-state index < -0.39 is 18.0 Å². The van der Waals surface area contributed by atoms with Crippen molar-refractivity contribution in [1.82, 2.24) is 0 Å². The van der Waals surface area contributed by atoms with Gasteiger partial charge in [0.1, 0.15) is 5.75 Å². The van der Waals surface area contributed by atoms with Crippen LogP contribution in [0.2, 0.25) is 0 Å². The highest BCUT2D eigenvalue weighted by molar-refractivity contribution is 5.83. The number of hydrogen-bond donors (Lipinski definition) is 1. The van der Waals surface area contributed by atoms with Crippen LogP contribution in [0.25, 0.3) is 0 Å². The molecule has 5 heteroatoms. The van der Waals surface area contributed by atoms with Gasteiger partial charge in [-0.15, -0.1) is 0 Å². The fraction of sp³-hybridized carbons (Fsp3) is 0.300. The molecule has 2 N–H and O–H groups in total. The predicted molar refractivity (Wildman–Crippen MR) is 95.1 cm³/mol. The number of primary amides is 1. The molecule has 0 radical (unpaired) electrons. The van der Waals surface area contributed by atoms with Crippen molar-refractivity contribution in [3.8, 4) is 5.75 Å². The Morgan fingerprint density at radius 1 is 1.00 bits per heavy atom. The second-order valence-electron chi connectivity index (χ2n) is 6.75. The monoisotopic (exact) mass is 341 g/mol. The quantitative estimate of drug-likeness (QED) is 0.819. The molecule has 5 nitrogen and oxygen atoms in total. The number of carbonyl (C=O) groups excluding carboxylic acids is 2. The zero-order valence-corrected chi connectivity index (χ0v) is 14.7. The minimum absolute atomic E-state index is 0.0435. The summed E-state index contributed by atoms with van der Waals surface area (Å²) in [7, 11) is 0. The van der Waals surface area contributed by atoms with Crippen LogP contribution in [0.3, 0.4) is 0 Å². The molecule has 0 spiro atoms. The predicted octanol–water partition coefficient (Wildman–Crippen LogP) is 3.13. The minimum atomic E-state index is -1.12. The van der Waals surface area contributed by atoms with Crippen molar-refractivity contribution in [3.63, 3.8) is 0 Å². The minimum Gasteiger partial charge on any atom is -0.482 e. The maximum Gasteiger partial charge on any atom is 0.345 e. The zero-order chi connectivity index (χ0) is 18.4. The molecular weight excluding hydrogens is 318 g/mol. The normalized spacial score (nSPS) is 12.3. The summed E-state index contributed by atoms with van der Waals surface area (Å²) < 4.78 is 10.6. The van der Waals surface area contributed by atoms with Gasteiger partial charge in [0, 0.05) is 5.56 Å². The average molecular weight is 341 g/mol. The van der Waals surface area contributed by atoms with Gasteiger partial charge in [-0.05, 0) is 23.1 Å². The molecule has 0 aliphatic rings. The first-order chi connectivity index (χ1) is 11.8. The lowest BCUT2D eigenvalue weighted by Crippen LogP contribution is -2.28. The molecule has 2 aromatic rings. The van der Waals surface area contributed by atoms with Crippen LogP contribution in [-0.2, 0) is 19.7 Å². The third-order valence-electron chi connectivity index (χ3n) is 3.69. The molecule has 0 aromatic heterocycles. The highest BCUT2D eigenvalue weighted by atomic mass is 16.6. The van der Waals surface area contributed by atoms with Crippen molar-refractivity contribution in [2.24, 2.45) is 5.73 Å². The summed E-state index contributed by atoms with van der Waals surface area (Å²) in [4.78, 5) is 23.5. The van der Waals surface area contributed by atoms with E-state index in [0.29, 0.717) is 11.3 Å². The molecule has 25 heavy (non-hydrogen) atoms. The third kappa shape index (κ3) is 5.35. The van der Waals surface area contributed by atoms with Gasteiger partial charge in [-0.25, -0.2) is 4.79 Å². The lowest BCUT2D eigenvalue weighted by molar-refractivity contribution is -0.157. The number of esters is 1. The summed E-state index contributed by atoms with van der Waals surface area (Å²) in [6.45, 7) is 6.06. The smallest absolute Gasteiger partial charge is 0.345 e.